The maximum atomic E-state index is 14.2. The second kappa shape index (κ2) is 15.3. The molecule has 0 radical (unpaired) electrons. The van der Waals surface area contributed by atoms with Gasteiger partial charge in [-0.15, -0.1) is 0 Å². The number of aliphatic hydroxyl groups is 1. The number of hydrogen-bond acceptors (Lipinski definition) is 7. The third-order valence-electron chi connectivity index (χ3n) is 8.04. The molecule has 4 aromatic rings. The number of fused-ring (bicyclic) bond motifs is 1. The van der Waals surface area contributed by atoms with E-state index in [4.69, 9.17) is 9.72 Å². The summed E-state index contributed by atoms with van der Waals surface area (Å²) in [5.74, 6) is 1.42. The fraction of sp³-hybridized carbons (Fsp3) is 0.400. The van der Waals surface area contributed by atoms with E-state index in [1.807, 2.05) is 73.2 Å². The molecular formula is C35H42IN5O4. The van der Waals surface area contributed by atoms with Crippen molar-refractivity contribution in [3.8, 4) is 11.4 Å². The average Bonchev–Trinajstić information content (AvgIpc) is 3.02. The summed E-state index contributed by atoms with van der Waals surface area (Å²) >= 11 is 2.29. The first-order chi connectivity index (χ1) is 21.7. The summed E-state index contributed by atoms with van der Waals surface area (Å²) in [7, 11) is 1.95. The number of para-hydroxylation sites is 1. The van der Waals surface area contributed by atoms with E-state index in [1.54, 1.807) is 4.57 Å². The summed E-state index contributed by atoms with van der Waals surface area (Å²) in [6.45, 7) is 8.28. The molecule has 10 heteroatoms. The Morgan fingerprint density at radius 3 is 2.44 bits per heavy atom. The Labute approximate surface area is 278 Å². The van der Waals surface area contributed by atoms with Crippen molar-refractivity contribution in [2.75, 3.05) is 46.4 Å². The maximum absolute atomic E-state index is 14.2. The predicted molar refractivity (Wildman–Crippen MR) is 186 cm³/mol. The number of nitrogens with zero attached hydrogens (tertiary/aromatic N) is 5. The van der Waals surface area contributed by atoms with Crippen molar-refractivity contribution in [2.24, 2.45) is 0 Å². The minimum Gasteiger partial charge on any atom is -0.489 e. The van der Waals surface area contributed by atoms with Gasteiger partial charge in [-0.3, -0.25) is 24.0 Å². The third kappa shape index (κ3) is 8.49. The molecule has 0 unspecified atom stereocenters. The molecule has 0 bridgehead atoms. The van der Waals surface area contributed by atoms with Crippen LogP contribution >= 0.6 is 22.6 Å². The van der Waals surface area contributed by atoms with Crippen molar-refractivity contribution in [1.29, 1.82) is 0 Å². The lowest BCUT2D eigenvalue weighted by Crippen LogP contribution is -2.48. The molecule has 1 aliphatic heterocycles. The van der Waals surface area contributed by atoms with E-state index in [2.05, 4.69) is 51.8 Å². The first-order valence-corrected chi connectivity index (χ1v) is 16.6. The van der Waals surface area contributed by atoms with E-state index in [9.17, 15) is 14.7 Å². The van der Waals surface area contributed by atoms with Gasteiger partial charge in [0.1, 0.15) is 11.6 Å². The van der Waals surface area contributed by atoms with Crippen LogP contribution in [0.4, 0.5) is 0 Å². The Morgan fingerprint density at radius 2 is 1.73 bits per heavy atom. The highest BCUT2D eigenvalue weighted by Gasteiger charge is 2.24. The molecule has 0 atom stereocenters. The Kier molecular flexibility index (Phi) is 11.2. The second-order valence-electron chi connectivity index (χ2n) is 11.9. The number of hydrogen-bond donors (Lipinski definition) is 1. The van der Waals surface area contributed by atoms with Gasteiger partial charge in [-0.2, -0.15) is 0 Å². The Hall–Kier alpha value is -3.32. The van der Waals surface area contributed by atoms with E-state index in [-0.39, 0.29) is 24.2 Å². The molecule has 45 heavy (non-hydrogen) atoms. The van der Waals surface area contributed by atoms with Gasteiger partial charge in [0.25, 0.3) is 5.56 Å². The number of aryl methyl sites for hydroxylation is 1. The topological polar surface area (TPSA) is 91.1 Å². The van der Waals surface area contributed by atoms with Crippen LogP contribution in [-0.2, 0) is 24.3 Å². The van der Waals surface area contributed by atoms with Crippen LogP contribution in [0.3, 0.4) is 0 Å². The molecule has 1 aromatic heterocycles. The molecule has 5 rings (SSSR count). The summed E-state index contributed by atoms with van der Waals surface area (Å²) in [4.78, 5) is 38.4. The largest absolute Gasteiger partial charge is 0.489 e. The van der Waals surface area contributed by atoms with Crippen LogP contribution in [0.25, 0.3) is 16.6 Å². The number of likely N-dealkylation sites (N-methyl/N-ethyl adjacent to an activating group) is 1. The number of carbonyl (C=O) groups excluding carboxylic acids is 1. The highest BCUT2D eigenvalue weighted by molar-refractivity contribution is 14.1. The average molecular weight is 724 g/mol. The van der Waals surface area contributed by atoms with Crippen LogP contribution in [-0.4, -0.2) is 87.7 Å². The summed E-state index contributed by atoms with van der Waals surface area (Å²) in [5.41, 5.74) is 3.34. The fourth-order valence-electron chi connectivity index (χ4n) is 5.70. The standard InChI is InChI=1S/C35H42IN5O4/c1-25(2)45-32-14-10-27(23-38(3)20-21-42)22-31(32)41-33(37-30-7-5-4-6-29(30)35(41)44)24-39-16-18-40(19-17-39)34(43)15-11-26-8-12-28(36)13-9-26/h4-10,12-14,22,25,42H,11,15-21,23-24H2,1-3H3. The van der Waals surface area contributed by atoms with Crippen molar-refractivity contribution < 1.29 is 14.6 Å². The van der Waals surface area contributed by atoms with E-state index < -0.39 is 0 Å². The number of amides is 1. The Bertz CT molecular complexity index is 1670. The minimum absolute atomic E-state index is 0.0709. The van der Waals surface area contributed by atoms with Crippen LogP contribution in [0.5, 0.6) is 5.75 Å². The van der Waals surface area contributed by atoms with Crippen molar-refractivity contribution in [3.05, 3.63) is 97.6 Å². The zero-order valence-electron chi connectivity index (χ0n) is 26.3. The number of aliphatic hydroxyl groups excluding tert-OH is 1. The predicted octanol–water partition coefficient (Wildman–Crippen LogP) is 4.48. The first kappa shape index (κ1) is 33.1. The molecule has 3 aromatic carbocycles. The lowest BCUT2D eigenvalue weighted by Gasteiger charge is -2.35. The lowest BCUT2D eigenvalue weighted by atomic mass is 10.1. The summed E-state index contributed by atoms with van der Waals surface area (Å²) in [6.07, 6.45) is 1.14. The number of rotatable bonds is 12. The molecular weight excluding hydrogens is 681 g/mol. The van der Waals surface area contributed by atoms with Crippen molar-refractivity contribution in [1.82, 2.24) is 24.3 Å². The Balaban J connectivity index is 1.40. The molecule has 1 aliphatic rings. The van der Waals surface area contributed by atoms with Gasteiger partial charge in [0.2, 0.25) is 5.91 Å². The molecule has 1 amide bonds. The summed E-state index contributed by atoms with van der Waals surface area (Å²) in [5, 5.41) is 9.95. The molecule has 0 aliphatic carbocycles. The van der Waals surface area contributed by atoms with Crippen molar-refractivity contribution >= 4 is 39.4 Å². The minimum atomic E-state index is -0.144. The number of halogens is 1. The monoisotopic (exact) mass is 723 g/mol. The molecule has 9 nitrogen and oxygen atoms in total. The SMILES string of the molecule is CC(C)Oc1ccc(CN(C)CCO)cc1-n1c(CN2CCN(C(=O)CCc3ccc(I)cc3)CC2)nc2ccccc2c1=O. The summed E-state index contributed by atoms with van der Waals surface area (Å²) in [6, 6.07) is 21.7. The molecule has 1 N–H and O–H groups in total. The van der Waals surface area contributed by atoms with Gasteiger partial charge >= 0.3 is 0 Å². The number of benzene rings is 3. The Morgan fingerprint density at radius 1 is 1.02 bits per heavy atom. The van der Waals surface area contributed by atoms with Crippen molar-refractivity contribution in [3.63, 3.8) is 0 Å². The van der Waals surface area contributed by atoms with Crippen LogP contribution in [0.1, 0.15) is 37.2 Å². The molecule has 0 saturated carbocycles. The van der Waals surface area contributed by atoms with E-state index in [0.717, 1.165) is 12.0 Å². The number of piperazine rings is 1. The van der Waals surface area contributed by atoms with Gasteiger partial charge in [-0.1, -0.05) is 30.3 Å². The lowest BCUT2D eigenvalue weighted by molar-refractivity contribution is -0.133. The van der Waals surface area contributed by atoms with Crippen LogP contribution in [0.2, 0.25) is 0 Å². The van der Waals surface area contributed by atoms with Gasteiger partial charge in [0.05, 0.1) is 35.8 Å². The first-order valence-electron chi connectivity index (χ1n) is 15.6. The molecule has 0 spiro atoms. The van der Waals surface area contributed by atoms with Crippen LogP contribution < -0.4 is 10.3 Å². The van der Waals surface area contributed by atoms with Crippen LogP contribution in [0.15, 0.2) is 71.5 Å². The number of ether oxygens (including phenoxy) is 1. The molecule has 2 heterocycles. The quantitative estimate of drug-likeness (QED) is 0.216. The molecule has 1 saturated heterocycles. The zero-order valence-corrected chi connectivity index (χ0v) is 28.4. The van der Waals surface area contributed by atoms with Gasteiger partial charge in [-0.05, 0) is 97.4 Å². The van der Waals surface area contributed by atoms with Gasteiger partial charge < -0.3 is 14.7 Å². The smallest absolute Gasteiger partial charge is 0.266 e. The maximum Gasteiger partial charge on any atom is 0.266 e. The van der Waals surface area contributed by atoms with E-state index >= 15 is 0 Å². The highest BCUT2D eigenvalue weighted by atomic mass is 127. The van der Waals surface area contributed by atoms with Gasteiger partial charge in [0, 0.05) is 49.3 Å². The van der Waals surface area contributed by atoms with Gasteiger partial charge in [0.15, 0.2) is 0 Å². The summed E-state index contributed by atoms with van der Waals surface area (Å²) < 4.78 is 9.11. The normalized spacial score (nSPS) is 14.1. The van der Waals surface area contributed by atoms with Crippen LogP contribution in [0, 0.1) is 3.57 Å². The van der Waals surface area contributed by atoms with E-state index in [1.165, 1.54) is 9.13 Å². The zero-order chi connectivity index (χ0) is 31.9. The van der Waals surface area contributed by atoms with Crippen molar-refractivity contribution in [2.45, 2.75) is 45.9 Å². The number of carbonyl (C=O) groups is 1. The molecule has 238 valence electrons. The second-order valence-corrected chi connectivity index (χ2v) is 13.1. The van der Waals surface area contributed by atoms with E-state index in [0.29, 0.717) is 80.4 Å². The van der Waals surface area contributed by atoms with Gasteiger partial charge in [-0.25, -0.2) is 4.98 Å². The number of aromatic nitrogens is 2. The molecule has 1 fully saturated rings. The highest BCUT2D eigenvalue weighted by Crippen LogP contribution is 2.27. The fourth-order valence-corrected chi connectivity index (χ4v) is 6.06. The third-order valence-corrected chi connectivity index (χ3v) is 8.76.